The van der Waals surface area contributed by atoms with Crippen molar-refractivity contribution in [2.45, 2.75) is 46.1 Å². The lowest BCUT2D eigenvalue weighted by atomic mass is 9.97. The molecule has 134 valence electrons. The Morgan fingerprint density at radius 2 is 1.92 bits per heavy atom. The lowest BCUT2D eigenvalue weighted by Gasteiger charge is -2.10. The molecule has 0 radical (unpaired) electrons. The van der Waals surface area contributed by atoms with Crippen molar-refractivity contribution in [3.05, 3.63) is 66.2 Å². The van der Waals surface area contributed by atoms with Gasteiger partial charge in [0.1, 0.15) is 4.83 Å². The molecule has 0 bridgehead atoms. The second-order valence-corrected chi connectivity index (χ2v) is 8.06. The number of rotatable bonds is 3. The van der Waals surface area contributed by atoms with Crippen LogP contribution >= 0.6 is 11.3 Å². The number of aromatic amines is 1. The van der Waals surface area contributed by atoms with Gasteiger partial charge in [0.15, 0.2) is 5.78 Å². The van der Waals surface area contributed by atoms with Crippen molar-refractivity contribution in [1.29, 1.82) is 0 Å². The number of Topliss-reactive ketones (excluding diaryl/α,β-unsaturated/α-hetero) is 1. The molecule has 1 N–H and O–H groups in total. The average molecular weight is 368 g/mol. The highest BCUT2D eigenvalue weighted by Crippen LogP contribution is 2.33. The van der Waals surface area contributed by atoms with Gasteiger partial charge >= 0.3 is 5.69 Å². The SMILES string of the molecule is Cc1ccc(C(=O)Cn2c(=O)[nH]c3sc4c(c3c2=O)CCCC4)cc1C. The number of ketones is 1. The molecule has 2 aromatic heterocycles. The maximum Gasteiger partial charge on any atom is 0.329 e. The molecule has 0 aliphatic heterocycles. The predicted octanol–water partition coefficient (Wildman–Crippen LogP) is 3.13. The predicted molar refractivity (Wildman–Crippen MR) is 104 cm³/mol. The Labute approximate surface area is 154 Å². The van der Waals surface area contributed by atoms with E-state index in [2.05, 4.69) is 4.98 Å². The zero-order valence-electron chi connectivity index (χ0n) is 14.8. The van der Waals surface area contributed by atoms with Crippen LogP contribution in [0.25, 0.3) is 10.2 Å². The molecular weight excluding hydrogens is 348 g/mol. The molecule has 1 aliphatic rings. The van der Waals surface area contributed by atoms with Crippen LogP contribution in [-0.4, -0.2) is 15.3 Å². The summed E-state index contributed by atoms with van der Waals surface area (Å²) in [5.74, 6) is -0.232. The zero-order valence-corrected chi connectivity index (χ0v) is 15.7. The number of hydrogen-bond acceptors (Lipinski definition) is 4. The number of nitrogens with one attached hydrogen (secondary N) is 1. The Balaban J connectivity index is 1.79. The van der Waals surface area contributed by atoms with Gasteiger partial charge in [0, 0.05) is 10.4 Å². The molecule has 6 heteroatoms. The van der Waals surface area contributed by atoms with Gasteiger partial charge in [-0.2, -0.15) is 0 Å². The molecule has 26 heavy (non-hydrogen) atoms. The number of carbonyl (C=O) groups excluding carboxylic acids is 1. The molecule has 0 fully saturated rings. The Hall–Kier alpha value is -2.47. The van der Waals surface area contributed by atoms with Gasteiger partial charge in [-0.3, -0.25) is 19.1 Å². The summed E-state index contributed by atoms with van der Waals surface area (Å²) in [7, 11) is 0. The van der Waals surface area contributed by atoms with E-state index in [9.17, 15) is 14.4 Å². The fraction of sp³-hybridized carbons (Fsp3) is 0.350. The average Bonchev–Trinajstić information content (AvgIpc) is 2.98. The van der Waals surface area contributed by atoms with Crippen LogP contribution in [0.2, 0.25) is 0 Å². The van der Waals surface area contributed by atoms with E-state index in [4.69, 9.17) is 0 Å². The molecule has 4 rings (SSSR count). The minimum atomic E-state index is -0.515. The van der Waals surface area contributed by atoms with Crippen LogP contribution in [-0.2, 0) is 19.4 Å². The second kappa shape index (κ2) is 6.36. The third-order valence-electron chi connectivity index (χ3n) is 5.23. The molecule has 1 aliphatic carbocycles. The van der Waals surface area contributed by atoms with Crippen LogP contribution in [0.15, 0.2) is 27.8 Å². The summed E-state index contributed by atoms with van der Waals surface area (Å²) in [6, 6.07) is 5.44. The summed E-state index contributed by atoms with van der Waals surface area (Å²) in [6.07, 6.45) is 3.99. The molecule has 0 saturated carbocycles. The Bertz CT molecular complexity index is 1150. The first-order valence-corrected chi connectivity index (χ1v) is 9.65. The highest BCUT2D eigenvalue weighted by atomic mass is 32.1. The largest absolute Gasteiger partial charge is 0.329 e. The number of aryl methyl sites for hydroxylation is 4. The monoisotopic (exact) mass is 368 g/mol. The van der Waals surface area contributed by atoms with Gasteiger partial charge in [-0.25, -0.2) is 4.79 Å². The van der Waals surface area contributed by atoms with Crippen molar-refractivity contribution in [1.82, 2.24) is 9.55 Å². The van der Waals surface area contributed by atoms with Crippen molar-refractivity contribution < 1.29 is 4.79 Å². The molecule has 0 atom stereocenters. The number of H-pyrrole nitrogens is 1. The van der Waals surface area contributed by atoms with Gasteiger partial charge in [0.05, 0.1) is 11.9 Å². The highest BCUT2D eigenvalue weighted by Gasteiger charge is 2.21. The summed E-state index contributed by atoms with van der Waals surface area (Å²) < 4.78 is 1.04. The number of benzene rings is 1. The van der Waals surface area contributed by atoms with E-state index in [1.165, 1.54) is 16.2 Å². The minimum absolute atomic E-state index is 0.232. The van der Waals surface area contributed by atoms with E-state index in [1.54, 1.807) is 6.07 Å². The molecule has 1 aromatic carbocycles. The molecule has 0 saturated heterocycles. The van der Waals surface area contributed by atoms with Gasteiger partial charge in [-0.1, -0.05) is 12.1 Å². The Kier molecular flexibility index (Phi) is 4.15. The van der Waals surface area contributed by atoms with E-state index in [-0.39, 0.29) is 17.9 Å². The molecule has 0 amide bonds. The molecule has 2 heterocycles. The van der Waals surface area contributed by atoms with Crippen LogP contribution < -0.4 is 11.2 Å². The zero-order chi connectivity index (χ0) is 18.4. The first-order valence-electron chi connectivity index (χ1n) is 8.83. The van der Waals surface area contributed by atoms with E-state index in [0.717, 1.165) is 46.9 Å². The highest BCUT2D eigenvalue weighted by molar-refractivity contribution is 7.18. The third kappa shape index (κ3) is 2.74. The van der Waals surface area contributed by atoms with Gasteiger partial charge in [-0.15, -0.1) is 11.3 Å². The van der Waals surface area contributed by atoms with E-state index < -0.39 is 5.69 Å². The Morgan fingerprint density at radius 3 is 2.69 bits per heavy atom. The third-order valence-corrected chi connectivity index (χ3v) is 6.43. The van der Waals surface area contributed by atoms with Gasteiger partial charge in [0.2, 0.25) is 0 Å². The second-order valence-electron chi connectivity index (χ2n) is 6.96. The molecule has 3 aromatic rings. The van der Waals surface area contributed by atoms with Crippen LogP contribution in [0.1, 0.15) is 44.8 Å². The molecule has 5 nitrogen and oxygen atoms in total. The van der Waals surface area contributed by atoms with Crippen LogP contribution in [0.4, 0.5) is 0 Å². The van der Waals surface area contributed by atoms with Gasteiger partial charge in [-0.05, 0) is 62.3 Å². The quantitative estimate of drug-likeness (QED) is 0.722. The summed E-state index contributed by atoms with van der Waals surface area (Å²) in [5.41, 5.74) is 2.83. The number of thiophene rings is 1. The number of fused-ring (bicyclic) bond motifs is 3. The summed E-state index contributed by atoms with van der Waals surface area (Å²) in [5, 5.41) is 0.595. The number of aromatic nitrogens is 2. The fourth-order valence-electron chi connectivity index (χ4n) is 3.57. The molecule has 0 unspecified atom stereocenters. The van der Waals surface area contributed by atoms with Gasteiger partial charge < -0.3 is 0 Å². The fourth-order valence-corrected chi connectivity index (χ4v) is 4.84. The van der Waals surface area contributed by atoms with E-state index in [0.29, 0.717) is 15.8 Å². The van der Waals surface area contributed by atoms with E-state index in [1.807, 2.05) is 26.0 Å². The normalized spacial score (nSPS) is 13.8. The standard InChI is InChI=1S/C20H20N2O3S/c1-11-7-8-13(9-12(11)2)15(23)10-22-19(24)17-14-5-3-4-6-16(14)26-18(17)21-20(22)25/h7-9H,3-6,10H2,1-2H3,(H,21,25). The molecule has 0 spiro atoms. The first-order chi connectivity index (χ1) is 12.5. The number of carbonyl (C=O) groups is 1. The van der Waals surface area contributed by atoms with Crippen molar-refractivity contribution in [3.8, 4) is 0 Å². The minimum Gasteiger partial charge on any atom is -0.298 e. The van der Waals surface area contributed by atoms with Crippen molar-refractivity contribution in [2.24, 2.45) is 0 Å². The van der Waals surface area contributed by atoms with Crippen LogP contribution in [0.3, 0.4) is 0 Å². The van der Waals surface area contributed by atoms with Gasteiger partial charge in [0.25, 0.3) is 5.56 Å². The van der Waals surface area contributed by atoms with Crippen molar-refractivity contribution >= 4 is 27.3 Å². The summed E-state index contributed by atoms with van der Waals surface area (Å²) in [4.78, 5) is 42.7. The first kappa shape index (κ1) is 17.0. The number of hydrogen-bond donors (Lipinski definition) is 1. The molecular formula is C20H20N2O3S. The topological polar surface area (TPSA) is 71.9 Å². The van der Waals surface area contributed by atoms with Crippen molar-refractivity contribution in [3.63, 3.8) is 0 Å². The van der Waals surface area contributed by atoms with E-state index >= 15 is 0 Å². The summed E-state index contributed by atoms with van der Waals surface area (Å²) in [6.45, 7) is 3.68. The lowest BCUT2D eigenvalue weighted by molar-refractivity contribution is 0.0969. The maximum absolute atomic E-state index is 13.0. The lowest BCUT2D eigenvalue weighted by Crippen LogP contribution is -2.37. The number of nitrogens with zero attached hydrogens (tertiary/aromatic N) is 1. The Morgan fingerprint density at radius 1 is 1.15 bits per heavy atom. The van der Waals surface area contributed by atoms with Crippen LogP contribution in [0.5, 0.6) is 0 Å². The maximum atomic E-state index is 13.0. The summed E-state index contributed by atoms with van der Waals surface area (Å²) >= 11 is 1.50. The van der Waals surface area contributed by atoms with Crippen molar-refractivity contribution in [2.75, 3.05) is 0 Å². The smallest absolute Gasteiger partial charge is 0.298 e. The van der Waals surface area contributed by atoms with Crippen LogP contribution in [0, 0.1) is 13.8 Å².